The molecule has 1 N–H and O–H groups in total. The first-order chi connectivity index (χ1) is 22.8. The Bertz CT molecular complexity index is 1790. The van der Waals surface area contributed by atoms with E-state index in [0.29, 0.717) is 0 Å². The maximum absolute atomic E-state index is 13.0. The first kappa shape index (κ1) is 33.9. The van der Waals surface area contributed by atoms with Crippen molar-refractivity contribution in [1.29, 1.82) is 0 Å². The van der Waals surface area contributed by atoms with Crippen LogP contribution in [0.5, 0.6) is 11.5 Å². The van der Waals surface area contributed by atoms with E-state index in [0.717, 1.165) is 28.2 Å². The minimum absolute atomic E-state index is 0.0599. The highest BCUT2D eigenvalue weighted by atomic mass is 28.4. The fourth-order valence-corrected chi connectivity index (χ4v) is 7.66. The molecule has 0 amide bonds. The fourth-order valence-electron chi connectivity index (χ4n) is 6.32. The molecule has 3 aromatic carbocycles. The fraction of sp³-hybridized carbons (Fsp3) is 0.405. The maximum atomic E-state index is 13.0. The van der Waals surface area contributed by atoms with Crippen molar-refractivity contribution in [2.75, 3.05) is 27.4 Å². The summed E-state index contributed by atoms with van der Waals surface area (Å²) in [7, 11) is 0.886. The predicted molar refractivity (Wildman–Crippen MR) is 184 cm³/mol. The quantitative estimate of drug-likeness (QED) is 0.162. The molecule has 0 saturated carbocycles. The molecule has 0 spiro atoms. The number of hydrogen-bond donors (Lipinski definition) is 1. The van der Waals surface area contributed by atoms with Crippen molar-refractivity contribution < 1.29 is 28.1 Å². The van der Waals surface area contributed by atoms with Gasteiger partial charge in [0.15, 0.2) is 14.5 Å². The van der Waals surface area contributed by atoms with Gasteiger partial charge in [-0.05, 0) is 59.1 Å². The Kier molecular flexibility index (Phi) is 9.03. The highest BCUT2D eigenvalue weighted by Gasteiger charge is 2.65. The lowest BCUT2D eigenvalue weighted by Crippen LogP contribution is -2.54. The second-order valence-electron chi connectivity index (χ2n) is 14.0. The Morgan fingerprint density at radius 3 is 1.94 bits per heavy atom. The molecule has 4 aromatic rings. The summed E-state index contributed by atoms with van der Waals surface area (Å²) in [6, 6.07) is 27.0. The molecular weight excluding hydrogens is 628 g/mol. The molecule has 48 heavy (non-hydrogen) atoms. The largest absolute Gasteiger partial charge is 0.497 e. The van der Waals surface area contributed by atoms with Gasteiger partial charge in [0.2, 0.25) is 0 Å². The van der Waals surface area contributed by atoms with Crippen molar-refractivity contribution >= 4 is 8.32 Å². The van der Waals surface area contributed by atoms with Crippen molar-refractivity contribution in [1.82, 2.24) is 9.55 Å². The first-order valence-electron chi connectivity index (χ1n) is 16.1. The van der Waals surface area contributed by atoms with Crippen molar-refractivity contribution in [2.45, 2.75) is 68.5 Å². The third kappa shape index (κ3) is 5.94. The molecule has 254 valence electrons. The van der Waals surface area contributed by atoms with Crippen LogP contribution in [0.15, 0.2) is 101 Å². The van der Waals surface area contributed by atoms with Gasteiger partial charge in [-0.25, -0.2) is 4.79 Å². The third-order valence-corrected chi connectivity index (χ3v) is 14.5. The van der Waals surface area contributed by atoms with E-state index in [1.807, 2.05) is 78.9 Å². The van der Waals surface area contributed by atoms with E-state index in [9.17, 15) is 9.59 Å². The third-order valence-electron chi connectivity index (χ3n) is 10.0. The van der Waals surface area contributed by atoms with Crippen LogP contribution in [-0.2, 0) is 24.2 Å². The van der Waals surface area contributed by atoms with Crippen LogP contribution in [0, 0.1) is 0 Å². The summed E-state index contributed by atoms with van der Waals surface area (Å²) in [6.45, 7) is 11.2. The van der Waals surface area contributed by atoms with E-state index < -0.39 is 49.2 Å². The highest BCUT2D eigenvalue weighted by molar-refractivity contribution is 6.74. The maximum Gasteiger partial charge on any atom is 0.330 e. The van der Waals surface area contributed by atoms with Gasteiger partial charge in [-0.15, -0.1) is 0 Å². The highest BCUT2D eigenvalue weighted by Crippen LogP contribution is 2.51. The van der Waals surface area contributed by atoms with Crippen LogP contribution in [0.2, 0.25) is 18.1 Å². The van der Waals surface area contributed by atoms with Crippen molar-refractivity contribution in [3.8, 4) is 11.5 Å². The SMILES string of the molecule is COc1ccc(C(OC[C@]23CO[C@H]([C@H](n4ccc(=O)[nH]c4=O)O2)[C@H]3O[Si](C)(C)C(C)(C)C)(c2ccccc2)c2ccc(OC)cc2)cc1. The van der Waals surface area contributed by atoms with Gasteiger partial charge in [0.25, 0.3) is 5.56 Å². The Balaban J connectivity index is 1.49. The number of nitrogens with one attached hydrogen (secondary N) is 1. The number of benzene rings is 3. The van der Waals surface area contributed by atoms with Gasteiger partial charge >= 0.3 is 5.69 Å². The average Bonchev–Trinajstić information content (AvgIpc) is 3.56. The smallest absolute Gasteiger partial charge is 0.330 e. The summed E-state index contributed by atoms with van der Waals surface area (Å²) >= 11 is 0. The number of methoxy groups -OCH3 is 2. The van der Waals surface area contributed by atoms with E-state index in [2.05, 4.69) is 38.8 Å². The van der Waals surface area contributed by atoms with Gasteiger partial charge < -0.3 is 28.1 Å². The summed E-state index contributed by atoms with van der Waals surface area (Å²) in [5.41, 5.74) is -0.607. The molecule has 2 aliphatic heterocycles. The van der Waals surface area contributed by atoms with Crippen LogP contribution in [0.4, 0.5) is 0 Å². The normalized spacial score (nSPS) is 22.5. The zero-order valence-corrected chi connectivity index (χ0v) is 29.5. The monoisotopic (exact) mass is 672 g/mol. The first-order valence-corrected chi connectivity index (χ1v) is 19.0. The molecule has 6 rings (SSSR count). The minimum atomic E-state index is -2.39. The van der Waals surface area contributed by atoms with E-state index in [4.69, 9.17) is 28.1 Å². The molecule has 2 aliphatic rings. The van der Waals surface area contributed by atoms with E-state index in [-0.39, 0.29) is 18.3 Å². The molecule has 2 fully saturated rings. The van der Waals surface area contributed by atoms with E-state index >= 15 is 0 Å². The number of ether oxygens (including phenoxy) is 5. The number of fused-ring (bicyclic) bond motifs is 2. The average molecular weight is 673 g/mol. The number of rotatable bonds is 11. The molecule has 0 radical (unpaired) electrons. The van der Waals surface area contributed by atoms with Crippen LogP contribution in [-0.4, -0.2) is 63.1 Å². The Hall–Kier alpha value is -4.00. The zero-order valence-electron chi connectivity index (χ0n) is 28.5. The Morgan fingerprint density at radius 1 is 0.854 bits per heavy atom. The van der Waals surface area contributed by atoms with Crippen LogP contribution >= 0.6 is 0 Å². The van der Waals surface area contributed by atoms with Gasteiger partial charge in [0, 0.05) is 12.3 Å². The number of aromatic amines is 1. The molecule has 3 heterocycles. The summed E-state index contributed by atoms with van der Waals surface area (Å²) in [4.78, 5) is 27.3. The van der Waals surface area contributed by atoms with Crippen LogP contribution in [0.3, 0.4) is 0 Å². The molecule has 10 nitrogen and oxygen atoms in total. The summed E-state index contributed by atoms with van der Waals surface area (Å²) in [6.07, 6.45) is -0.562. The number of nitrogens with zero attached hydrogens (tertiary/aromatic N) is 1. The zero-order chi connectivity index (χ0) is 34.3. The van der Waals surface area contributed by atoms with Crippen molar-refractivity contribution in [3.63, 3.8) is 0 Å². The molecule has 0 unspecified atom stereocenters. The topological polar surface area (TPSA) is 110 Å². The lowest BCUT2D eigenvalue weighted by Gasteiger charge is -2.43. The van der Waals surface area contributed by atoms with Crippen LogP contribution in [0.1, 0.15) is 43.7 Å². The standard InChI is InChI=1S/C37H44N2O8Si/c1-35(2,3)48(6,7)47-32-31-33(39-22-21-30(40)38-34(39)41)46-36(32,23-44-31)24-45-37(25-11-9-8-10-12-25,26-13-17-28(42-4)18-14-26)27-15-19-29(43-5)20-16-27/h8-22,31-33H,23-24H2,1-7H3,(H,38,40,41)/t31-,32+,33+,36-/m0/s1. The molecule has 4 atom stereocenters. The van der Waals surface area contributed by atoms with E-state index in [1.165, 1.54) is 16.8 Å². The van der Waals surface area contributed by atoms with E-state index in [1.54, 1.807) is 14.2 Å². The van der Waals surface area contributed by atoms with Gasteiger partial charge in [-0.1, -0.05) is 75.4 Å². The molecular formula is C37H44N2O8Si. The predicted octanol–water partition coefficient (Wildman–Crippen LogP) is 5.62. The van der Waals surface area contributed by atoms with Crippen molar-refractivity contribution in [3.05, 3.63) is 129 Å². The Labute approximate surface area is 281 Å². The molecule has 0 aliphatic carbocycles. The minimum Gasteiger partial charge on any atom is -0.497 e. The van der Waals surface area contributed by atoms with Gasteiger partial charge in [-0.2, -0.15) is 0 Å². The summed E-state index contributed by atoms with van der Waals surface area (Å²) in [5, 5.41) is -0.110. The molecule has 2 bridgehead atoms. The van der Waals surface area contributed by atoms with Gasteiger partial charge in [0.05, 0.1) is 27.4 Å². The van der Waals surface area contributed by atoms with Crippen LogP contribution < -0.4 is 20.7 Å². The number of hydrogen-bond acceptors (Lipinski definition) is 8. The van der Waals surface area contributed by atoms with Crippen LogP contribution in [0.25, 0.3) is 0 Å². The summed E-state index contributed by atoms with van der Waals surface area (Å²) in [5.74, 6) is 1.44. The molecule has 11 heteroatoms. The molecule has 2 saturated heterocycles. The number of aromatic nitrogens is 2. The second-order valence-corrected chi connectivity index (χ2v) is 18.7. The lowest BCUT2D eigenvalue weighted by molar-refractivity contribution is -0.203. The summed E-state index contributed by atoms with van der Waals surface area (Å²) < 4.78 is 40.1. The van der Waals surface area contributed by atoms with Gasteiger partial charge in [-0.3, -0.25) is 14.3 Å². The second kappa shape index (κ2) is 12.8. The lowest BCUT2D eigenvalue weighted by atomic mass is 9.79. The Morgan fingerprint density at radius 2 is 1.42 bits per heavy atom. The van der Waals surface area contributed by atoms with Gasteiger partial charge in [0.1, 0.15) is 34.9 Å². The number of H-pyrrole nitrogens is 1. The van der Waals surface area contributed by atoms with Crippen molar-refractivity contribution in [2.24, 2.45) is 0 Å². The molecule has 1 aromatic heterocycles.